The largest absolute Gasteiger partial charge is 0.353 e. The Hall–Kier alpha value is -5.29. The van der Waals surface area contributed by atoms with Crippen LogP contribution in [0.15, 0.2) is 116 Å². The fourth-order valence-corrected chi connectivity index (χ4v) is 5.33. The average molecular weight is 504 g/mol. The minimum atomic E-state index is 0.565. The normalized spacial score (nSPS) is 11.7. The van der Waals surface area contributed by atoms with Gasteiger partial charge in [-0.2, -0.15) is 9.97 Å². The number of aryl methyl sites for hydroxylation is 1. The summed E-state index contributed by atoms with van der Waals surface area (Å²) in [5.74, 6) is 1.82. The maximum atomic E-state index is 5.06. The molecular weight excluding hydrogens is 478 g/mol. The van der Waals surface area contributed by atoms with Gasteiger partial charge in [0.1, 0.15) is 0 Å². The number of rotatable bonds is 5. The van der Waals surface area contributed by atoms with E-state index in [9.17, 15) is 0 Å². The fraction of sp³-hybridized carbons (Fsp3) is 0.0294. The summed E-state index contributed by atoms with van der Waals surface area (Å²) < 4.78 is 2.16. The minimum Gasteiger partial charge on any atom is -0.353 e. The molecular formula is C34H25N5. The molecule has 186 valence electrons. The number of H-pyrrole nitrogens is 1. The Morgan fingerprint density at radius 3 is 1.97 bits per heavy atom. The van der Waals surface area contributed by atoms with Crippen molar-refractivity contribution in [2.75, 3.05) is 0 Å². The van der Waals surface area contributed by atoms with Crippen molar-refractivity contribution in [3.05, 3.63) is 127 Å². The van der Waals surface area contributed by atoms with E-state index in [0.717, 1.165) is 49.7 Å². The fourth-order valence-electron chi connectivity index (χ4n) is 5.33. The van der Waals surface area contributed by atoms with E-state index in [1.165, 1.54) is 5.39 Å². The molecule has 39 heavy (non-hydrogen) atoms. The predicted molar refractivity (Wildman–Crippen MR) is 161 cm³/mol. The lowest BCUT2D eigenvalue weighted by atomic mass is 10.1. The van der Waals surface area contributed by atoms with Crippen molar-refractivity contribution in [1.82, 2.24) is 24.5 Å². The summed E-state index contributed by atoms with van der Waals surface area (Å²) in [5.41, 5.74) is 7.20. The lowest BCUT2D eigenvalue weighted by Gasteiger charge is -2.12. The summed E-state index contributed by atoms with van der Waals surface area (Å²) in [4.78, 5) is 18.7. The first kappa shape index (κ1) is 22.9. The van der Waals surface area contributed by atoms with Crippen molar-refractivity contribution in [3.63, 3.8) is 0 Å². The molecule has 0 fully saturated rings. The molecule has 1 N–H and O–H groups in total. The molecule has 3 aromatic heterocycles. The molecule has 7 aromatic rings. The summed E-state index contributed by atoms with van der Waals surface area (Å²) in [5, 5.41) is 3.49. The highest BCUT2D eigenvalue weighted by atomic mass is 15.2. The second kappa shape index (κ2) is 9.23. The summed E-state index contributed by atoms with van der Waals surface area (Å²) in [6.45, 7) is 6.05. The van der Waals surface area contributed by atoms with Crippen molar-refractivity contribution < 1.29 is 0 Å². The van der Waals surface area contributed by atoms with Gasteiger partial charge >= 0.3 is 0 Å². The molecule has 5 nitrogen and oxygen atoms in total. The molecule has 0 aliphatic rings. The van der Waals surface area contributed by atoms with Gasteiger partial charge in [0.15, 0.2) is 11.6 Å². The topological polar surface area (TPSA) is 59.4 Å². The number of aromatic amines is 1. The van der Waals surface area contributed by atoms with Gasteiger partial charge in [0.05, 0.1) is 16.7 Å². The number of hydrogen-bond donors (Lipinski definition) is 1. The number of benzene rings is 4. The van der Waals surface area contributed by atoms with Crippen LogP contribution in [-0.4, -0.2) is 24.5 Å². The highest BCUT2D eigenvalue weighted by Gasteiger charge is 2.21. The number of hydrogen-bond acceptors (Lipinski definition) is 3. The van der Waals surface area contributed by atoms with Gasteiger partial charge in [-0.05, 0) is 24.6 Å². The number of fused-ring (bicyclic) bond motifs is 5. The lowest BCUT2D eigenvalue weighted by molar-refractivity contribution is 0.925. The van der Waals surface area contributed by atoms with Crippen LogP contribution < -0.4 is 0 Å². The van der Waals surface area contributed by atoms with E-state index in [2.05, 4.69) is 65.5 Å². The smallest absolute Gasteiger partial charge is 0.238 e. The van der Waals surface area contributed by atoms with Crippen molar-refractivity contribution in [2.45, 2.75) is 6.92 Å². The van der Waals surface area contributed by atoms with Gasteiger partial charge in [-0.3, -0.25) is 4.57 Å². The van der Waals surface area contributed by atoms with Crippen LogP contribution in [0.1, 0.15) is 11.3 Å². The van der Waals surface area contributed by atoms with Gasteiger partial charge in [-0.15, -0.1) is 0 Å². The Morgan fingerprint density at radius 2 is 1.31 bits per heavy atom. The zero-order valence-electron chi connectivity index (χ0n) is 21.5. The first-order valence-electron chi connectivity index (χ1n) is 12.9. The lowest BCUT2D eigenvalue weighted by Crippen LogP contribution is -2.08. The molecule has 0 unspecified atom stereocenters. The van der Waals surface area contributed by atoms with Crippen LogP contribution in [-0.2, 0) is 0 Å². The molecule has 0 spiro atoms. The first-order valence-corrected chi connectivity index (χ1v) is 12.9. The molecule has 0 bridgehead atoms. The Labute approximate surface area is 225 Å². The number of allylic oxidation sites excluding steroid dienone is 2. The van der Waals surface area contributed by atoms with Gasteiger partial charge in [-0.25, -0.2) is 4.98 Å². The molecule has 0 saturated heterocycles. The minimum absolute atomic E-state index is 0.565. The number of aromatic nitrogens is 5. The van der Waals surface area contributed by atoms with E-state index in [0.29, 0.717) is 17.6 Å². The first-order chi connectivity index (χ1) is 19.2. The molecule has 0 amide bonds. The van der Waals surface area contributed by atoms with Crippen LogP contribution in [0.4, 0.5) is 0 Å². The monoisotopic (exact) mass is 503 g/mol. The van der Waals surface area contributed by atoms with Gasteiger partial charge in [0.2, 0.25) is 5.95 Å². The molecule has 0 aliphatic carbocycles. The summed E-state index contributed by atoms with van der Waals surface area (Å²) in [7, 11) is 0. The average Bonchev–Trinajstić information content (AvgIpc) is 3.51. The second-order valence-electron chi connectivity index (χ2n) is 9.51. The van der Waals surface area contributed by atoms with Crippen LogP contribution in [0, 0.1) is 6.92 Å². The van der Waals surface area contributed by atoms with Crippen LogP contribution in [0.2, 0.25) is 0 Å². The Morgan fingerprint density at radius 1 is 0.692 bits per heavy atom. The van der Waals surface area contributed by atoms with E-state index in [4.69, 9.17) is 15.0 Å². The van der Waals surface area contributed by atoms with E-state index in [1.54, 1.807) is 6.08 Å². The van der Waals surface area contributed by atoms with Crippen LogP contribution >= 0.6 is 0 Å². The molecule has 0 aliphatic heterocycles. The van der Waals surface area contributed by atoms with Crippen molar-refractivity contribution in [2.24, 2.45) is 0 Å². The van der Waals surface area contributed by atoms with Gasteiger partial charge in [0.25, 0.3) is 0 Å². The van der Waals surface area contributed by atoms with Gasteiger partial charge < -0.3 is 4.98 Å². The quantitative estimate of drug-likeness (QED) is 0.240. The van der Waals surface area contributed by atoms with E-state index in [-0.39, 0.29) is 0 Å². The Bertz CT molecular complexity index is 1970. The summed E-state index contributed by atoms with van der Waals surface area (Å²) in [6, 6.07) is 32.9. The Kier molecular flexibility index (Phi) is 5.41. The molecule has 0 atom stereocenters. The van der Waals surface area contributed by atoms with Crippen LogP contribution in [0.5, 0.6) is 0 Å². The maximum Gasteiger partial charge on any atom is 0.238 e. The van der Waals surface area contributed by atoms with Crippen LogP contribution in [0.25, 0.3) is 67.5 Å². The van der Waals surface area contributed by atoms with Crippen LogP contribution in [0.3, 0.4) is 0 Å². The third-order valence-corrected chi connectivity index (χ3v) is 7.19. The standard InChI is InChI=1S/C34H25N5/c1-3-4-19-29-22(2)25-20-21-27-26-17-11-12-18-28(26)35-30(27)31(25)39(29)34-37-32(23-13-7-5-8-14-23)36-33(38-34)24-15-9-6-10-16-24/h3-21,35H,1H2,2H3/b19-4-. The summed E-state index contributed by atoms with van der Waals surface area (Å²) in [6.07, 6.45) is 5.82. The third kappa shape index (κ3) is 3.75. The number of para-hydroxylation sites is 1. The predicted octanol–water partition coefficient (Wildman–Crippen LogP) is 8.29. The SMILES string of the molecule is C=C/C=C\c1c(C)c2ccc3c4ccccc4[nH]c3c2n1-c1nc(-c2ccccc2)nc(-c2ccccc2)n1. The van der Waals surface area contributed by atoms with Crippen molar-refractivity contribution in [3.8, 4) is 28.7 Å². The van der Waals surface area contributed by atoms with E-state index >= 15 is 0 Å². The zero-order chi connectivity index (χ0) is 26.3. The van der Waals surface area contributed by atoms with Crippen molar-refractivity contribution in [1.29, 1.82) is 0 Å². The summed E-state index contributed by atoms with van der Waals surface area (Å²) >= 11 is 0. The van der Waals surface area contributed by atoms with E-state index in [1.807, 2.05) is 66.7 Å². The molecule has 0 saturated carbocycles. The third-order valence-electron chi connectivity index (χ3n) is 7.19. The molecule has 4 aromatic carbocycles. The zero-order valence-corrected chi connectivity index (χ0v) is 21.5. The Balaban J connectivity index is 1.62. The molecule has 3 heterocycles. The van der Waals surface area contributed by atoms with Gasteiger partial charge in [-0.1, -0.05) is 110 Å². The second-order valence-corrected chi connectivity index (χ2v) is 9.51. The maximum absolute atomic E-state index is 5.06. The number of nitrogens with zero attached hydrogens (tertiary/aromatic N) is 4. The molecule has 0 radical (unpaired) electrons. The van der Waals surface area contributed by atoms with E-state index < -0.39 is 0 Å². The highest BCUT2D eigenvalue weighted by molar-refractivity contribution is 6.17. The highest BCUT2D eigenvalue weighted by Crippen LogP contribution is 2.37. The molecule has 5 heteroatoms. The molecule has 7 rings (SSSR count). The number of nitrogens with one attached hydrogen (secondary N) is 1. The van der Waals surface area contributed by atoms with Crippen molar-refractivity contribution >= 4 is 38.8 Å². The van der Waals surface area contributed by atoms with Gasteiger partial charge in [0, 0.05) is 32.8 Å².